The summed E-state index contributed by atoms with van der Waals surface area (Å²) in [6, 6.07) is 0.0858. The van der Waals surface area contributed by atoms with E-state index in [4.69, 9.17) is 15.6 Å². The number of nitrogens with two attached hydrogens (primary N) is 1. The third-order valence-electron chi connectivity index (χ3n) is 3.48. The van der Waals surface area contributed by atoms with E-state index >= 15 is 0 Å². The molecule has 0 spiro atoms. The van der Waals surface area contributed by atoms with Crippen molar-refractivity contribution in [3.05, 3.63) is 57.4 Å². The lowest BCUT2D eigenvalue weighted by atomic mass is 10.3. The molecule has 2 atom stereocenters. The average molecular weight is 378 g/mol. The molecule has 2 heterocycles. The van der Waals surface area contributed by atoms with Crippen LogP contribution in [0.3, 0.4) is 0 Å². The molecule has 0 bridgehead atoms. The Balaban J connectivity index is 2.09. The second-order valence-electron chi connectivity index (χ2n) is 5.69. The molecule has 2 rings (SSSR count). The third-order valence-corrected chi connectivity index (χ3v) is 3.48. The molecule has 0 radical (unpaired) electrons. The number of carboxylic acid groups (broad SMARTS) is 1. The fraction of sp³-hybridized carbons (Fsp3) is 0.250. The first-order valence-corrected chi connectivity index (χ1v) is 7.75. The molecule has 27 heavy (non-hydrogen) atoms. The van der Waals surface area contributed by atoms with Crippen LogP contribution in [0.25, 0.3) is 0 Å². The number of nitrogens with zero attached hydrogens (tertiary/aromatic N) is 2. The smallest absolute Gasteiger partial charge is 0.335 e. The number of carboxylic acids is 1. The fourth-order valence-corrected chi connectivity index (χ4v) is 2.02. The van der Waals surface area contributed by atoms with Crippen LogP contribution < -0.4 is 26.8 Å². The predicted molar refractivity (Wildman–Crippen MR) is 93.1 cm³/mol. The minimum absolute atomic E-state index is 0.120. The maximum absolute atomic E-state index is 12.2. The number of carbonyl (C=O) groups excluding carboxylic acids is 1. The van der Waals surface area contributed by atoms with Gasteiger partial charge < -0.3 is 30.7 Å². The summed E-state index contributed by atoms with van der Waals surface area (Å²) in [7, 11) is 0. The molecule has 2 aromatic heterocycles. The number of aromatic nitrogens is 2. The summed E-state index contributed by atoms with van der Waals surface area (Å²) in [5, 5.41) is 18.2. The van der Waals surface area contributed by atoms with Crippen molar-refractivity contribution in [2.45, 2.75) is 25.6 Å². The topological polar surface area (TPSA) is 166 Å². The van der Waals surface area contributed by atoms with Gasteiger partial charge in [-0.25, -0.2) is 4.79 Å². The van der Waals surface area contributed by atoms with Crippen LogP contribution >= 0.6 is 0 Å². The van der Waals surface area contributed by atoms with Gasteiger partial charge in [-0.1, -0.05) is 0 Å². The maximum atomic E-state index is 12.2. The Morgan fingerprint density at radius 2 is 1.89 bits per heavy atom. The van der Waals surface area contributed by atoms with Crippen molar-refractivity contribution in [1.29, 1.82) is 0 Å². The van der Waals surface area contributed by atoms with Crippen LogP contribution in [0.2, 0.25) is 0 Å². The summed E-state index contributed by atoms with van der Waals surface area (Å²) in [5.41, 5.74) is 6.93. The molecule has 0 aromatic carbocycles. The molecule has 0 aliphatic rings. The van der Waals surface area contributed by atoms with Crippen molar-refractivity contribution >= 4 is 11.9 Å². The zero-order chi connectivity index (χ0) is 20.1. The van der Waals surface area contributed by atoms with Gasteiger partial charge in [0.15, 0.2) is 11.5 Å². The SMILES string of the molecule is C[C@H](Nn1ccc(=O)c(O)c1)C(=O)Oc1cn(C[C@H](N)C(=O)O)ccc1=O. The van der Waals surface area contributed by atoms with Crippen LogP contribution in [0.4, 0.5) is 0 Å². The van der Waals surface area contributed by atoms with Crippen LogP contribution in [-0.4, -0.2) is 43.5 Å². The molecule has 0 saturated heterocycles. The summed E-state index contributed by atoms with van der Waals surface area (Å²) in [6.07, 6.45) is 4.89. The zero-order valence-electron chi connectivity index (χ0n) is 14.2. The third kappa shape index (κ3) is 5.19. The summed E-state index contributed by atoms with van der Waals surface area (Å²) < 4.78 is 7.57. The number of hydrogen-bond acceptors (Lipinski definition) is 8. The predicted octanol–water partition coefficient (Wildman–Crippen LogP) is -1.33. The molecule has 0 fully saturated rings. The standard InChI is InChI=1S/C16H18N4O7/c1-9(18-20-5-3-11(21)13(23)7-20)16(26)27-14-8-19(4-2-12(14)22)6-10(17)15(24)25/h2-5,7-10,18,23H,6,17H2,1H3,(H,24,25)/t9-,10-/m0/s1. The van der Waals surface area contributed by atoms with Crippen molar-refractivity contribution in [2.75, 3.05) is 5.43 Å². The average Bonchev–Trinajstić information content (AvgIpc) is 2.60. The highest BCUT2D eigenvalue weighted by atomic mass is 16.5. The van der Waals surface area contributed by atoms with Gasteiger partial charge in [-0.2, -0.15) is 0 Å². The number of hydrogen-bond donors (Lipinski definition) is 4. The highest BCUT2D eigenvalue weighted by Gasteiger charge is 2.18. The molecular formula is C16H18N4O7. The maximum Gasteiger partial charge on any atom is 0.335 e. The van der Waals surface area contributed by atoms with Crippen LogP contribution in [0, 0.1) is 0 Å². The van der Waals surface area contributed by atoms with E-state index in [9.17, 15) is 24.3 Å². The van der Waals surface area contributed by atoms with Gasteiger partial charge in [0.25, 0.3) is 0 Å². The number of nitrogens with one attached hydrogen (secondary N) is 1. The van der Waals surface area contributed by atoms with Crippen LogP contribution in [0.1, 0.15) is 6.92 Å². The number of pyridine rings is 2. The van der Waals surface area contributed by atoms with Gasteiger partial charge in [0.05, 0.1) is 12.4 Å². The lowest BCUT2D eigenvalue weighted by molar-refractivity contribution is -0.139. The first-order valence-electron chi connectivity index (χ1n) is 7.75. The lowest BCUT2D eigenvalue weighted by Crippen LogP contribution is -2.37. The largest absolute Gasteiger partial charge is 0.503 e. The molecule has 0 saturated carbocycles. The second-order valence-corrected chi connectivity index (χ2v) is 5.69. The second kappa shape index (κ2) is 8.19. The van der Waals surface area contributed by atoms with Gasteiger partial charge in [-0.3, -0.25) is 19.1 Å². The van der Waals surface area contributed by atoms with E-state index in [0.717, 1.165) is 18.3 Å². The molecule has 0 amide bonds. The Kier molecular flexibility index (Phi) is 5.98. The van der Waals surface area contributed by atoms with E-state index in [-0.39, 0.29) is 12.3 Å². The first-order chi connectivity index (χ1) is 12.7. The molecule has 0 aliphatic heterocycles. The van der Waals surface area contributed by atoms with Crippen molar-refractivity contribution in [2.24, 2.45) is 5.73 Å². The zero-order valence-corrected chi connectivity index (χ0v) is 14.2. The van der Waals surface area contributed by atoms with E-state index in [1.54, 1.807) is 0 Å². The van der Waals surface area contributed by atoms with Crippen molar-refractivity contribution in [3.8, 4) is 11.5 Å². The Labute approximate surface area is 152 Å². The molecule has 11 heteroatoms. The van der Waals surface area contributed by atoms with Crippen molar-refractivity contribution in [3.63, 3.8) is 0 Å². The number of ether oxygens (including phenoxy) is 1. The summed E-state index contributed by atoms with van der Waals surface area (Å²) >= 11 is 0. The Morgan fingerprint density at radius 3 is 2.52 bits per heavy atom. The fourth-order valence-electron chi connectivity index (χ4n) is 2.02. The number of carbonyl (C=O) groups is 2. The van der Waals surface area contributed by atoms with Gasteiger partial charge in [-0.15, -0.1) is 0 Å². The minimum Gasteiger partial charge on any atom is -0.503 e. The summed E-state index contributed by atoms with van der Waals surface area (Å²) in [5.74, 6) is -2.83. The van der Waals surface area contributed by atoms with E-state index in [0.29, 0.717) is 0 Å². The quantitative estimate of drug-likeness (QED) is 0.427. The van der Waals surface area contributed by atoms with Gasteiger partial charge >= 0.3 is 11.9 Å². The van der Waals surface area contributed by atoms with Crippen LogP contribution in [0.5, 0.6) is 11.5 Å². The number of rotatable bonds is 7. The van der Waals surface area contributed by atoms with Crippen LogP contribution in [-0.2, 0) is 16.1 Å². The van der Waals surface area contributed by atoms with E-state index in [2.05, 4.69) is 5.43 Å². The van der Waals surface area contributed by atoms with E-state index < -0.39 is 40.6 Å². The summed E-state index contributed by atoms with van der Waals surface area (Å²) in [6.45, 7) is 1.32. The van der Waals surface area contributed by atoms with Crippen molar-refractivity contribution < 1.29 is 24.5 Å². The number of aliphatic carboxylic acids is 1. The van der Waals surface area contributed by atoms with E-state index in [1.165, 1.54) is 34.8 Å². The molecule has 144 valence electrons. The molecule has 11 nitrogen and oxygen atoms in total. The van der Waals surface area contributed by atoms with Gasteiger partial charge in [0, 0.05) is 31.1 Å². The van der Waals surface area contributed by atoms with Crippen LogP contribution in [0.15, 0.2) is 46.5 Å². The highest BCUT2D eigenvalue weighted by Crippen LogP contribution is 2.06. The van der Waals surface area contributed by atoms with Gasteiger partial charge in [-0.05, 0) is 6.92 Å². The molecular weight excluding hydrogens is 360 g/mol. The lowest BCUT2D eigenvalue weighted by Gasteiger charge is -2.17. The highest BCUT2D eigenvalue weighted by molar-refractivity contribution is 5.79. The first kappa shape index (κ1) is 19.7. The normalized spacial score (nSPS) is 12.8. The van der Waals surface area contributed by atoms with Gasteiger partial charge in [0.1, 0.15) is 12.1 Å². The molecule has 0 unspecified atom stereocenters. The Morgan fingerprint density at radius 1 is 1.22 bits per heavy atom. The molecule has 2 aromatic rings. The Hall–Kier alpha value is -3.60. The van der Waals surface area contributed by atoms with Gasteiger partial charge in [0.2, 0.25) is 10.9 Å². The minimum atomic E-state index is -1.21. The monoisotopic (exact) mass is 378 g/mol. The number of aromatic hydroxyl groups is 1. The molecule has 5 N–H and O–H groups in total. The summed E-state index contributed by atoms with van der Waals surface area (Å²) in [4.78, 5) is 46.0. The Bertz CT molecular complexity index is 966. The van der Waals surface area contributed by atoms with E-state index in [1.807, 2.05) is 0 Å². The number of esters is 1. The van der Waals surface area contributed by atoms with Crippen molar-refractivity contribution in [1.82, 2.24) is 9.24 Å². The molecule has 0 aliphatic carbocycles.